The molecular weight excluding hydrogens is 163 g/mol. The Morgan fingerprint density at radius 2 is 1.73 bits per heavy atom. The van der Waals surface area contributed by atoms with E-state index in [1.165, 1.54) is 0 Å². The first kappa shape index (κ1) is 9.24. The van der Waals surface area contributed by atoms with Crippen LogP contribution in [-0.4, -0.2) is 19.4 Å². The first-order valence-corrected chi connectivity index (χ1v) is 5.52. The Hall–Kier alpha value is 0.150. The molecule has 0 unspecified atom stereocenters. The number of hydrogen-bond acceptors (Lipinski definition) is 3. The molecule has 0 bridgehead atoms. The smallest absolute Gasteiger partial charge is 0.306 e. The lowest BCUT2D eigenvalue weighted by Gasteiger charge is -2.20. The van der Waals surface area contributed by atoms with Crippen molar-refractivity contribution in [3.8, 4) is 0 Å². The summed E-state index contributed by atoms with van der Waals surface area (Å²) in [6, 6.07) is 0. The minimum Gasteiger partial charge on any atom is -0.306 e. The summed E-state index contributed by atoms with van der Waals surface area (Å²) in [6.07, 6.45) is 0.514. The van der Waals surface area contributed by atoms with E-state index in [0.29, 0.717) is 19.4 Å². The highest BCUT2D eigenvalue weighted by atomic mass is 31.2. The number of rotatable bonds is 1. The van der Waals surface area contributed by atoms with Gasteiger partial charge in [0, 0.05) is 0 Å². The number of hydrogen-bond donors (Lipinski definition) is 0. The zero-order chi connectivity index (χ0) is 8.54. The maximum atomic E-state index is 11.6. The normalized spacial score (nSPS) is 23.9. The van der Waals surface area contributed by atoms with Crippen LogP contribution in [0.15, 0.2) is 0 Å². The van der Waals surface area contributed by atoms with Gasteiger partial charge in [0.2, 0.25) is 0 Å². The van der Waals surface area contributed by atoms with Gasteiger partial charge >= 0.3 is 7.60 Å². The van der Waals surface area contributed by atoms with E-state index in [1.54, 1.807) is 0 Å². The second-order valence-corrected chi connectivity index (χ2v) is 6.05. The maximum absolute atomic E-state index is 11.6. The molecule has 0 amide bonds. The van der Waals surface area contributed by atoms with Crippen molar-refractivity contribution in [3.63, 3.8) is 0 Å². The molecule has 0 saturated carbocycles. The van der Waals surface area contributed by atoms with Gasteiger partial charge in [-0.2, -0.15) is 0 Å². The van der Waals surface area contributed by atoms with E-state index in [0.717, 1.165) is 0 Å². The van der Waals surface area contributed by atoms with Crippen LogP contribution in [0.3, 0.4) is 0 Å². The SMILES string of the molecule is CC(C)(C)CP1(=O)OCCO1. The van der Waals surface area contributed by atoms with Crippen LogP contribution in [0.25, 0.3) is 0 Å². The second-order valence-electron chi connectivity index (χ2n) is 4.00. The monoisotopic (exact) mass is 178 g/mol. The molecule has 0 aromatic carbocycles. The Morgan fingerprint density at radius 3 is 2.09 bits per heavy atom. The van der Waals surface area contributed by atoms with Gasteiger partial charge in [-0.05, 0) is 5.41 Å². The van der Waals surface area contributed by atoms with E-state index < -0.39 is 7.60 Å². The maximum Gasteiger partial charge on any atom is 0.331 e. The van der Waals surface area contributed by atoms with Crippen LogP contribution in [0.1, 0.15) is 20.8 Å². The van der Waals surface area contributed by atoms with Crippen molar-refractivity contribution in [1.29, 1.82) is 0 Å². The van der Waals surface area contributed by atoms with Gasteiger partial charge in [0.25, 0.3) is 0 Å². The van der Waals surface area contributed by atoms with Crippen molar-refractivity contribution < 1.29 is 13.6 Å². The molecule has 0 radical (unpaired) electrons. The van der Waals surface area contributed by atoms with Gasteiger partial charge in [0.05, 0.1) is 19.4 Å². The minimum atomic E-state index is -2.69. The van der Waals surface area contributed by atoms with E-state index in [4.69, 9.17) is 9.05 Å². The summed E-state index contributed by atoms with van der Waals surface area (Å²) < 4.78 is 21.7. The van der Waals surface area contributed by atoms with E-state index >= 15 is 0 Å². The molecule has 0 aromatic rings. The highest BCUT2D eigenvalue weighted by Gasteiger charge is 2.34. The van der Waals surface area contributed by atoms with Crippen molar-refractivity contribution in [3.05, 3.63) is 0 Å². The summed E-state index contributed by atoms with van der Waals surface area (Å²) in [7, 11) is -2.69. The Balaban J connectivity index is 2.54. The van der Waals surface area contributed by atoms with E-state index in [1.807, 2.05) is 20.8 Å². The molecular formula is C7H15O3P. The molecule has 1 aliphatic rings. The van der Waals surface area contributed by atoms with Crippen LogP contribution < -0.4 is 0 Å². The lowest BCUT2D eigenvalue weighted by atomic mass is 10.0. The van der Waals surface area contributed by atoms with Crippen LogP contribution in [0.2, 0.25) is 0 Å². The van der Waals surface area contributed by atoms with Crippen LogP contribution in [0.5, 0.6) is 0 Å². The first-order chi connectivity index (χ1) is 4.91. The van der Waals surface area contributed by atoms with Crippen LogP contribution in [-0.2, 0) is 13.6 Å². The van der Waals surface area contributed by atoms with Gasteiger partial charge in [-0.3, -0.25) is 4.57 Å². The molecule has 0 N–H and O–H groups in total. The molecule has 1 fully saturated rings. The Bertz CT molecular complexity index is 173. The molecule has 0 atom stereocenters. The largest absolute Gasteiger partial charge is 0.331 e. The van der Waals surface area contributed by atoms with Crippen molar-refractivity contribution >= 4 is 7.60 Å². The summed E-state index contributed by atoms with van der Waals surface area (Å²) in [4.78, 5) is 0. The van der Waals surface area contributed by atoms with E-state index in [2.05, 4.69) is 0 Å². The lowest BCUT2D eigenvalue weighted by Crippen LogP contribution is -2.11. The third kappa shape index (κ3) is 2.94. The standard InChI is InChI=1S/C7H15O3P/c1-7(2,3)6-11(8)9-4-5-10-11/h4-6H2,1-3H3. The summed E-state index contributed by atoms with van der Waals surface area (Å²) in [5.41, 5.74) is 0.0138. The van der Waals surface area contributed by atoms with Crippen LogP contribution in [0, 0.1) is 5.41 Å². The Labute approximate surface area is 67.6 Å². The van der Waals surface area contributed by atoms with Crippen molar-refractivity contribution in [2.24, 2.45) is 5.41 Å². The van der Waals surface area contributed by atoms with Gasteiger partial charge < -0.3 is 9.05 Å². The summed E-state index contributed by atoms with van der Waals surface area (Å²) in [6.45, 7) is 7.04. The van der Waals surface area contributed by atoms with Crippen molar-refractivity contribution in [1.82, 2.24) is 0 Å². The molecule has 0 spiro atoms. The van der Waals surface area contributed by atoms with Crippen molar-refractivity contribution in [2.45, 2.75) is 20.8 Å². The summed E-state index contributed by atoms with van der Waals surface area (Å²) in [5, 5.41) is 0. The molecule has 3 nitrogen and oxygen atoms in total. The first-order valence-electron chi connectivity index (χ1n) is 3.79. The zero-order valence-electron chi connectivity index (χ0n) is 7.29. The van der Waals surface area contributed by atoms with Gasteiger partial charge in [0.15, 0.2) is 0 Å². The fourth-order valence-corrected chi connectivity index (χ4v) is 3.19. The molecule has 1 heterocycles. The molecule has 1 aliphatic heterocycles. The Kier molecular flexibility index (Phi) is 2.43. The molecule has 11 heavy (non-hydrogen) atoms. The summed E-state index contributed by atoms with van der Waals surface area (Å²) in [5.74, 6) is 0. The Morgan fingerprint density at radius 1 is 1.27 bits per heavy atom. The third-order valence-corrected chi connectivity index (χ3v) is 3.82. The van der Waals surface area contributed by atoms with Crippen LogP contribution in [0.4, 0.5) is 0 Å². The quantitative estimate of drug-likeness (QED) is 0.578. The predicted octanol–water partition coefficient (Wildman–Crippen LogP) is 2.27. The third-order valence-electron chi connectivity index (χ3n) is 1.33. The van der Waals surface area contributed by atoms with Gasteiger partial charge in [-0.25, -0.2) is 0 Å². The minimum absolute atomic E-state index is 0.0138. The fourth-order valence-electron chi connectivity index (χ4n) is 1.06. The average molecular weight is 178 g/mol. The van der Waals surface area contributed by atoms with Gasteiger partial charge in [0.1, 0.15) is 0 Å². The average Bonchev–Trinajstić information content (AvgIpc) is 2.09. The van der Waals surface area contributed by atoms with Gasteiger partial charge in [-0.1, -0.05) is 20.8 Å². The zero-order valence-corrected chi connectivity index (χ0v) is 8.19. The highest BCUT2D eigenvalue weighted by molar-refractivity contribution is 7.54. The molecule has 1 saturated heterocycles. The molecule has 4 heteroatoms. The van der Waals surface area contributed by atoms with Crippen molar-refractivity contribution in [2.75, 3.05) is 19.4 Å². The fraction of sp³-hybridized carbons (Fsp3) is 1.00. The molecule has 1 rings (SSSR count). The van der Waals surface area contributed by atoms with E-state index in [-0.39, 0.29) is 5.41 Å². The summed E-state index contributed by atoms with van der Waals surface area (Å²) >= 11 is 0. The van der Waals surface area contributed by atoms with Crippen LogP contribution >= 0.6 is 7.60 Å². The highest BCUT2D eigenvalue weighted by Crippen LogP contribution is 2.55. The van der Waals surface area contributed by atoms with E-state index in [9.17, 15) is 4.57 Å². The second kappa shape index (κ2) is 2.89. The topological polar surface area (TPSA) is 35.5 Å². The lowest BCUT2D eigenvalue weighted by molar-refractivity contribution is 0.327. The molecule has 0 aliphatic carbocycles. The van der Waals surface area contributed by atoms with Gasteiger partial charge in [-0.15, -0.1) is 0 Å². The molecule has 66 valence electrons. The molecule has 0 aromatic heterocycles. The predicted molar refractivity (Wildman–Crippen MR) is 43.8 cm³/mol.